The SMILES string of the molecule is Nc1c(-c2c(N)c3ccccc3n2-c2ccc(-c3ccncc3)cc2)n(-c2ccccc2)c2ccccc12. The molecular weight excluding hydrogens is 466 g/mol. The van der Waals surface area contributed by atoms with E-state index in [-0.39, 0.29) is 0 Å². The molecule has 0 aliphatic heterocycles. The molecule has 4 aromatic carbocycles. The molecule has 7 aromatic rings. The third-order valence-corrected chi connectivity index (χ3v) is 7.21. The fraction of sp³-hybridized carbons (Fsp3) is 0. The van der Waals surface area contributed by atoms with E-state index in [9.17, 15) is 0 Å². The molecule has 0 radical (unpaired) electrons. The van der Waals surface area contributed by atoms with Gasteiger partial charge in [-0.1, -0.05) is 66.7 Å². The molecule has 38 heavy (non-hydrogen) atoms. The van der Waals surface area contributed by atoms with Crippen molar-refractivity contribution in [2.24, 2.45) is 0 Å². The minimum atomic E-state index is 0.700. The second-order valence-electron chi connectivity index (χ2n) is 9.35. The fourth-order valence-electron chi connectivity index (χ4n) is 5.46. The second kappa shape index (κ2) is 8.68. The van der Waals surface area contributed by atoms with Crippen molar-refractivity contribution < 1.29 is 0 Å². The molecule has 0 spiro atoms. The van der Waals surface area contributed by atoms with Gasteiger partial charge in [0.25, 0.3) is 0 Å². The van der Waals surface area contributed by atoms with Crippen molar-refractivity contribution in [1.82, 2.24) is 14.1 Å². The van der Waals surface area contributed by atoms with Crippen LogP contribution in [0, 0.1) is 0 Å². The quantitative estimate of drug-likeness (QED) is 0.268. The van der Waals surface area contributed by atoms with Gasteiger partial charge in [-0.15, -0.1) is 0 Å². The monoisotopic (exact) mass is 491 g/mol. The summed E-state index contributed by atoms with van der Waals surface area (Å²) in [5.41, 5.74) is 23.4. The van der Waals surface area contributed by atoms with Gasteiger partial charge in [-0.25, -0.2) is 0 Å². The number of nitrogens with zero attached hydrogens (tertiary/aromatic N) is 3. The molecule has 3 aromatic heterocycles. The smallest absolute Gasteiger partial charge is 0.0964 e. The van der Waals surface area contributed by atoms with Crippen molar-refractivity contribution in [1.29, 1.82) is 0 Å². The normalized spacial score (nSPS) is 11.4. The number of hydrogen-bond acceptors (Lipinski definition) is 3. The van der Waals surface area contributed by atoms with Crippen LogP contribution in [-0.4, -0.2) is 14.1 Å². The molecule has 0 aliphatic rings. The summed E-state index contributed by atoms with van der Waals surface area (Å²) in [5, 5.41) is 1.99. The lowest BCUT2D eigenvalue weighted by atomic mass is 10.1. The molecule has 0 bridgehead atoms. The number of aromatic nitrogens is 3. The first kappa shape index (κ1) is 21.9. The number of pyridine rings is 1. The van der Waals surface area contributed by atoms with E-state index in [1.807, 2.05) is 67.0 Å². The van der Waals surface area contributed by atoms with Crippen molar-refractivity contribution in [2.75, 3.05) is 11.5 Å². The molecule has 5 heteroatoms. The standard InChI is InChI=1S/C33H25N5/c34-30-26-10-4-6-12-28(26)37(24-8-2-1-3-9-24)32(30)33-31(35)27-11-5-7-13-29(27)38(33)25-16-14-22(15-17-25)23-18-20-36-21-19-23/h1-21H,34-35H2. The van der Waals surface area contributed by atoms with Crippen molar-refractivity contribution in [3.63, 3.8) is 0 Å². The third kappa shape index (κ3) is 3.29. The zero-order chi connectivity index (χ0) is 25.6. The summed E-state index contributed by atoms with van der Waals surface area (Å²) in [6.07, 6.45) is 3.62. The molecule has 0 amide bonds. The summed E-state index contributed by atoms with van der Waals surface area (Å²) in [6.45, 7) is 0. The van der Waals surface area contributed by atoms with Crippen molar-refractivity contribution in [3.8, 4) is 33.9 Å². The number of hydrogen-bond donors (Lipinski definition) is 2. The first-order valence-corrected chi connectivity index (χ1v) is 12.6. The van der Waals surface area contributed by atoms with Crippen LogP contribution in [0.5, 0.6) is 0 Å². The van der Waals surface area contributed by atoms with E-state index in [0.717, 1.165) is 55.7 Å². The van der Waals surface area contributed by atoms with Crippen LogP contribution in [0.4, 0.5) is 11.4 Å². The van der Waals surface area contributed by atoms with Gasteiger partial charge in [0.1, 0.15) is 0 Å². The van der Waals surface area contributed by atoms with Crippen LogP contribution in [0.2, 0.25) is 0 Å². The van der Waals surface area contributed by atoms with Gasteiger partial charge >= 0.3 is 0 Å². The van der Waals surface area contributed by atoms with Crippen LogP contribution in [0.25, 0.3) is 55.7 Å². The summed E-state index contributed by atoms with van der Waals surface area (Å²) >= 11 is 0. The van der Waals surface area contributed by atoms with Crippen molar-refractivity contribution in [2.45, 2.75) is 0 Å². The zero-order valence-electron chi connectivity index (χ0n) is 20.6. The molecule has 0 saturated carbocycles. The number of benzene rings is 4. The summed E-state index contributed by atoms with van der Waals surface area (Å²) in [4.78, 5) is 4.15. The summed E-state index contributed by atoms with van der Waals surface area (Å²) in [5.74, 6) is 0. The molecule has 0 saturated heterocycles. The number of rotatable bonds is 4. The molecule has 0 unspecified atom stereocenters. The Balaban J connectivity index is 1.55. The minimum Gasteiger partial charge on any atom is -0.396 e. The maximum Gasteiger partial charge on any atom is 0.0964 e. The van der Waals surface area contributed by atoms with Gasteiger partial charge in [-0.3, -0.25) is 4.98 Å². The summed E-state index contributed by atoms with van der Waals surface area (Å²) in [6, 6.07) is 39.4. The van der Waals surface area contributed by atoms with E-state index >= 15 is 0 Å². The van der Waals surface area contributed by atoms with E-state index in [1.54, 1.807) is 0 Å². The highest BCUT2D eigenvalue weighted by Gasteiger charge is 2.26. The minimum absolute atomic E-state index is 0.700. The molecular formula is C33H25N5. The lowest BCUT2D eigenvalue weighted by Gasteiger charge is -2.16. The molecule has 0 aliphatic carbocycles. The van der Waals surface area contributed by atoms with Crippen LogP contribution < -0.4 is 11.5 Å². The Morgan fingerprint density at radius 2 is 0.895 bits per heavy atom. The molecule has 0 fully saturated rings. The van der Waals surface area contributed by atoms with Crippen LogP contribution in [0.3, 0.4) is 0 Å². The highest BCUT2D eigenvalue weighted by Crippen LogP contribution is 2.45. The van der Waals surface area contributed by atoms with Crippen LogP contribution >= 0.6 is 0 Å². The summed E-state index contributed by atoms with van der Waals surface area (Å²) in [7, 11) is 0. The number of nitrogen functional groups attached to an aromatic ring is 2. The number of fused-ring (bicyclic) bond motifs is 2. The van der Waals surface area contributed by atoms with Crippen molar-refractivity contribution >= 4 is 33.2 Å². The Bertz CT molecular complexity index is 1910. The fourth-order valence-corrected chi connectivity index (χ4v) is 5.46. The van der Waals surface area contributed by atoms with Gasteiger partial charge in [-0.2, -0.15) is 0 Å². The van der Waals surface area contributed by atoms with Gasteiger partial charge in [0, 0.05) is 34.5 Å². The average Bonchev–Trinajstić information content (AvgIpc) is 3.44. The predicted molar refractivity (Wildman–Crippen MR) is 158 cm³/mol. The average molecular weight is 492 g/mol. The molecule has 5 nitrogen and oxygen atoms in total. The van der Waals surface area contributed by atoms with E-state index in [0.29, 0.717) is 11.4 Å². The third-order valence-electron chi connectivity index (χ3n) is 7.21. The molecule has 0 atom stereocenters. The molecule has 182 valence electrons. The first-order chi connectivity index (χ1) is 18.7. The predicted octanol–water partition coefficient (Wildman–Crippen LogP) is 7.47. The van der Waals surface area contributed by atoms with E-state index in [4.69, 9.17) is 11.5 Å². The molecule has 7 rings (SSSR count). The Morgan fingerprint density at radius 1 is 0.447 bits per heavy atom. The largest absolute Gasteiger partial charge is 0.396 e. The lowest BCUT2D eigenvalue weighted by Crippen LogP contribution is -2.05. The highest BCUT2D eigenvalue weighted by molar-refractivity contribution is 6.09. The Labute approximate surface area is 220 Å². The number of anilines is 2. The lowest BCUT2D eigenvalue weighted by molar-refractivity contribution is 1.07. The zero-order valence-corrected chi connectivity index (χ0v) is 20.6. The van der Waals surface area contributed by atoms with Gasteiger partial charge < -0.3 is 20.6 Å². The maximum atomic E-state index is 6.97. The topological polar surface area (TPSA) is 74.8 Å². The van der Waals surface area contributed by atoms with E-state index in [2.05, 4.69) is 74.8 Å². The van der Waals surface area contributed by atoms with Gasteiger partial charge in [0.15, 0.2) is 0 Å². The highest BCUT2D eigenvalue weighted by atomic mass is 15.1. The second-order valence-corrected chi connectivity index (χ2v) is 9.35. The molecule has 3 heterocycles. The van der Waals surface area contributed by atoms with Crippen LogP contribution in [0.15, 0.2) is 128 Å². The summed E-state index contributed by atoms with van der Waals surface area (Å²) < 4.78 is 4.45. The van der Waals surface area contributed by atoms with Gasteiger partial charge in [-0.05, 0) is 59.7 Å². The van der Waals surface area contributed by atoms with Crippen molar-refractivity contribution in [3.05, 3.63) is 128 Å². The van der Waals surface area contributed by atoms with Gasteiger partial charge in [0.05, 0.1) is 33.8 Å². The first-order valence-electron chi connectivity index (χ1n) is 12.6. The van der Waals surface area contributed by atoms with Crippen LogP contribution in [0.1, 0.15) is 0 Å². The molecule has 4 N–H and O–H groups in total. The van der Waals surface area contributed by atoms with Gasteiger partial charge in [0.2, 0.25) is 0 Å². The van der Waals surface area contributed by atoms with Crippen LogP contribution in [-0.2, 0) is 0 Å². The Hall–Kier alpha value is -5.29. The number of nitrogens with two attached hydrogens (primary N) is 2. The number of para-hydroxylation sites is 3. The Morgan fingerprint density at radius 3 is 1.45 bits per heavy atom. The van der Waals surface area contributed by atoms with E-state index in [1.165, 1.54) is 0 Å². The van der Waals surface area contributed by atoms with E-state index < -0.39 is 0 Å². The Kier molecular flexibility index (Phi) is 5.01. The maximum absolute atomic E-state index is 6.97.